The Morgan fingerprint density at radius 3 is 2.64 bits per heavy atom. The van der Waals surface area contributed by atoms with Crippen LogP contribution >= 0.6 is 11.8 Å². The fourth-order valence-electron chi connectivity index (χ4n) is 2.53. The van der Waals surface area contributed by atoms with Gasteiger partial charge in [0.15, 0.2) is 5.16 Å². The second-order valence-electron chi connectivity index (χ2n) is 5.01. The molecule has 22 heavy (non-hydrogen) atoms. The summed E-state index contributed by atoms with van der Waals surface area (Å²) in [7, 11) is 0. The maximum atomic E-state index is 14.1. The van der Waals surface area contributed by atoms with Gasteiger partial charge in [0.25, 0.3) is 5.95 Å². The highest BCUT2D eigenvalue weighted by atomic mass is 32.2. The molecule has 0 amide bonds. The van der Waals surface area contributed by atoms with E-state index in [1.54, 1.807) is 11.2 Å². The Bertz CT molecular complexity index is 730. The van der Waals surface area contributed by atoms with E-state index in [0.717, 1.165) is 11.8 Å². The second kappa shape index (κ2) is 5.88. The molecule has 0 unspecified atom stereocenters. The monoisotopic (exact) mass is 330 g/mol. The van der Waals surface area contributed by atoms with Crippen molar-refractivity contribution in [2.75, 3.05) is 24.2 Å². The highest BCUT2D eigenvalue weighted by molar-refractivity contribution is 7.98. The van der Waals surface area contributed by atoms with Gasteiger partial charge in [-0.1, -0.05) is 11.8 Å². The van der Waals surface area contributed by atoms with E-state index >= 15 is 0 Å². The molecule has 3 heterocycles. The van der Waals surface area contributed by atoms with E-state index in [0.29, 0.717) is 19.4 Å². The number of aliphatic hydroxyl groups excluding tert-OH is 1. The zero-order valence-electron chi connectivity index (χ0n) is 11.7. The summed E-state index contributed by atoms with van der Waals surface area (Å²) in [6, 6.07) is 0. The lowest BCUT2D eigenvalue weighted by Crippen LogP contribution is -2.39. The van der Waals surface area contributed by atoms with Crippen LogP contribution in [0.5, 0.6) is 0 Å². The molecular weight excluding hydrogens is 317 g/mol. The summed E-state index contributed by atoms with van der Waals surface area (Å²) in [4.78, 5) is 12.7. The Morgan fingerprint density at radius 1 is 1.18 bits per heavy atom. The van der Waals surface area contributed by atoms with Gasteiger partial charge in [-0.3, -0.25) is 0 Å². The number of aliphatic hydroxyl groups is 1. The number of nitrogens with zero attached hydrogens (tertiary/aromatic N) is 4. The molecule has 1 atom stereocenters. The Morgan fingerprint density at radius 2 is 1.95 bits per heavy atom. The third-order valence-corrected chi connectivity index (χ3v) is 4.09. The Hall–Kier alpha value is -1.61. The highest BCUT2D eigenvalue weighted by Crippen LogP contribution is 2.31. The van der Waals surface area contributed by atoms with Gasteiger partial charge < -0.3 is 10.0 Å². The van der Waals surface area contributed by atoms with Gasteiger partial charge in [0.1, 0.15) is 16.7 Å². The molecule has 0 spiro atoms. The molecule has 3 rings (SSSR count). The molecule has 9 heteroatoms. The Balaban J connectivity index is 2.25. The van der Waals surface area contributed by atoms with Crippen LogP contribution in [0.2, 0.25) is 0 Å². The quantitative estimate of drug-likeness (QED) is 0.517. The fraction of sp³-hybridized carbons (Fsp3) is 0.462. The molecule has 2 aromatic heterocycles. The van der Waals surface area contributed by atoms with Crippen molar-refractivity contribution >= 4 is 28.5 Å². The number of hydrogen-bond donors (Lipinski definition) is 1. The average molecular weight is 330 g/mol. The van der Waals surface area contributed by atoms with Crippen LogP contribution in [0.1, 0.15) is 12.8 Å². The SMILES string of the molecule is CSc1nc(N2CCC[C@@H](O)C2)c2c(F)nc(F)c(F)c2n1. The zero-order chi connectivity index (χ0) is 15.9. The van der Waals surface area contributed by atoms with Crippen molar-refractivity contribution < 1.29 is 18.3 Å². The van der Waals surface area contributed by atoms with Crippen molar-refractivity contribution in [2.45, 2.75) is 24.1 Å². The minimum absolute atomic E-state index is 0.136. The maximum absolute atomic E-state index is 14.1. The molecule has 1 fully saturated rings. The summed E-state index contributed by atoms with van der Waals surface area (Å²) in [5.41, 5.74) is -0.431. The number of piperidine rings is 1. The second-order valence-corrected chi connectivity index (χ2v) is 5.78. The van der Waals surface area contributed by atoms with E-state index in [1.807, 2.05) is 0 Å². The van der Waals surface area contributed by atoms with Gasteiger partial charge in [-0.15, -0.1) is 0 Å². The lowest BCUT2D eigenvalue weighted by atomic mass is 10.1. The standard InChI is InChI=1S/C13H13F3N4OS/c1-22-13-17-9-7(10(15)18-11(16)8(9)14)12(19-13)20-4-2-3-6(21)5-20/h6,21H,2-5H2,1H3/t6-/m1/s1. The first kappa shape index (κ1) is 15.3. The highest BCUT2D eigenvalue weighted by Gasteiger charge is 2.26. The lowest BCUT2D eigenvalue weighted by Gasteiger charge is -2.31. The molecule has 1 saturated heterocycles. The number of rotatable bonds is 2. The van der Waals surface area contributed by atoms with Crippen LogP contribution in [0.25, 0.3) is 10.9 Å². The Kier molecular flexibility index (Phi) is 4.09. The predicted molar refractivity (Wildman–Crippen MR) is 76.4 cm³/mol. The molecule has 5 nitrogen and oxygen atoms in total. The molecule has 1 aliphatic heterocycles. The first-order chi connectivity index (χ1) is 10.5. The molecule has 1 N–H and O–H groups in total. The van der Waals surface area contributed by atoms with Crippen LogP contribution in [0, 0.1) is 17.7 Å². The van der Waals surface area contributed by atoms with E-state index in [4.69, 9.17) is 0 Å². The van der Waals surface area contributed by atoms with Gasteiger partial charge >= 0.3 is 0 Å². The molecule has 0 bridgehead atoms. The van der Waals surface area contributed by atoms with E-state index < -0.39 is 29.3 Å². The zero-order valence-corrected chi connectivity index (χ0v) is 12.5. The Labute approximate surface area is 128 Å². The molecular formula is C13H13F3N4OS. The third kappa shape index (κ3) is 2.58. The average Bonchev–Trinajstić information content (AvgIpc) is 2.51. The summed E-state index contributed by atoms with van der Waals surface area (Å²) < 4.78 is 41.4. The van der Waals surface area contributed by atoms with Gasteiger partial charge in [0, 0.05) is 13.1 Å². The van der Waals surface area contributed by atoms with Crippen LogP contribution in [0.4, 0.5) is 19.0 Å². The minimum Gasteiger partial charge on any atom is -0.391 e. The van der Waals surface area contributed by atoms with E-state index in [1.165, 1.54) is 0 Å². The van der Waals surface area contributed by atoms with Gasteiger partial charge in [0.2, 0.25) is 11.8 Å². The number of thioether (sulfide) groups is 1. The van der Waals surface area contributed by atoms with Gasteiger partial charge in [-0.2, -0.15) is 18.2 Å². The summed E-state index contributed by atoms with van der Waals surface area (Å²) in [6.07, 6.45) is 2.44. The van der Waals surface area contributed by atoms with Crippen molar-refractivity contribution in [3.63, 3.8) is 0 Å². The number of halogens is 3. The minimum atomic E-state index is -1.53. The van der Waals surface area contributed by atoms with Crippen LogP contribution in [-0.4, -0.2) is 45.5 Å². The third-order valence-electron chi connectivity index (χ3n) is 3.54. The van der Waals surface area contributed by atoms with Crippen molar-refractivity contribution in [3.8, 4) is 0 Å². The van der Waals surface area contributed by atoms with Gasteiger partial charge in [-0.25, -0.2) is 9.97 Å². The van der Waals surface area contributed by atoms with Gasteiger partial charge in [-0.05, 0) is 19.1 Å². The molecule has 0 saturated carbocycles. The predicted octanol–water partition coefficient (Wildman–Crippen LogP) is 2.13. The number of anilines is 1. The fourth-order valence-corrected chi connectivity index (χ4v) is 2.89. The van der Waals surface area contributed by atoms with Crippen LogP contribution in [0.3, 0.4) is 0 Å². The first-order valence-electron chi connectivity index (χ1n) is 6.70. The van der Waals surface area contributed by atoms with Crippen molar-refractivity contribution in [1.29, 1.82) is 0 Å². The van der Waals surface area contributed by atoms with Gasteiger partial charge in [0.05, 0.1) is 6.10 Å². The summed E-state index contributed by atoms with van der Waals surface area (Å²) in [5.74, 6) is -3.85. The number of fused-ring (bicyclic) bond motifs is 1. The smallest absolute Gasteiger partial charge is 0.253 e. The number of pyridine rings is 1. The summed E-state index contributed by atoms with van der Waals surface area (Å²) in [5, 5.41) is 9.72. The van der Waals surface area contributed by atoms with E-state index in [9.17, 15) is 18.3 Å². The summed E-state index contributed by atoms with van der Waals surface area (Å²) in [6.45, 7) is 0.786. The first-order valence-corrected chi connectivity index (χ1v) is 7.93. The van der Waals surface area contributed by atoms with E-state index in [2.05, 4.69) is 15.0 Å². The number of hydrogen-bond acceptors (Lipinski definition) is 6. The largest absolute Gasteiger partial charge is 0.391 e. The molecule has 0 aliphatic carbocycles. The van der Waals surface area contributed by atoms with Crippen LogP contribution < -0.4 is 4.90 Å². The summed E-state index contributed by atoms with van der Waals surface area (Å²) >= 11 is 1.14. The number of β-amino-alcohol motifs (C(OH)–C–C–N with tert-alkyl or cyclic N) is 1. The normalized spacial score (nSPS) is 19.0. The van der Waals surface area contributed by atoms with Crippen LogP contribution in [-0.2, 0) is 0 Å². The van der Waals surface area contributed by atoms with Crippen molar-refractivity contribution in [3.05, 3.63) is 17.7 Å². The molecule has 118 valence electrons. The topological polar surface area (TPSA) is 62.1 Å². The molecule has 1 aliphatic rings. The maximum Gasteiger partial charge on any atom is 0.253 e. The van der Waals surface area contributed by atoms with Crippen LogP contribution in [0.15, 0.2) is 5.16 Å². The molecule has 0 radical (unpaired) electrons. The number of aromatic nitrogens is 3. The van der Waals surface area contributed by atoms with Crippen molar-refractivity contribution in [1.82, 2.24) is 15.0 Å². The molecule has 0 aromatic carbocycles. The molecule has 2 aromatic rings. The lowest BCUT2D eigenvalue weighted by molar-refractivity contribution is 0.154. The van der Waals surface area contributed by atoms with Crippen molar-refractivity contribution in [2.24, 2.45) is 0 Å². The van der Waals surface area contributed by atoms with E-state index in [-0.39, 0.29) is 22.9 Å².